The van der Waals surface area contributed by atoms with Gasteiger partial charge in [-0.25, -0.2) is 9.29 Å². The number of likely N-dealkylation sites (N-methyl/N-ethyl adjacent to an activating group) is 1. The molecule has 0 aliphatic carbocycles. The van der Waals surface area contributed by atoms with Gasteiger partial charge in [0.05, 0.1) is 32.4 Å². The molecule has 0 spiro atoms. The van der Waals surface area contributed by atoms with Crippen molar-refractivity contribution in [3.63, 3.8) is 0 Å². The van der Waals surface area contributed by atoms with Crippen molar-refractivity contribution >= 4 is 17.5 Å². The summed E-state index contributed by atoms with van der Waals surface area (Å²) in [6.07, 6.45) is 0.796. The van der Waals surface area contributed by atoms with E-state index in [4.69, 9.17) is 9.47 Å². The van der Waals surface area contributed by atoms with Crippen molar-refractivity contribution in [3.8, 4) is 11.5 Å². The molecule has 1 unspecified atom stereocenters. The fourth-order valence-electron chi connectivity index (χ4n) is 3.32. The minimum absolute atomic E-state index is 0.110. The summed E-state index contributed by atoms with van der Waals surface area (Å²) in [6, 6.07) is 10.5. The van der Waals surface area contributed by atoms with Crippen molar-refractivity contribution in [2.75, 3.05) is 32.7 Å². The number of hydrogen-bond acceptors (Lipinski definition) is 5. The summed E-state index contributed by atoms with van der Waals surface area (Å²) in [4.78, 5) is 28.2. The number of benzene rings is 2. The van der Waals surface area contributed by atoms with Crippen LogP contribution in [-0.2, 0) is 16.0 Å². The first-order valence-corrected chi connectivity index (χ1v) is 8.98. The molecule has 0 bridgehead atoms. The summed E-state index contributed by atoms with van der Waals surface area (Å²) in [6.45, 7) is 0.594. The molecule has 0 N–H and O–H groups in total. The van der Waals surface area contributed by atoms with Gasteiger partial charge in [0, 0.05) is 6.54 Å². The predicted molar refractivity (Wildman–Crippen MR) is 103 cm³/mol. The van der Waals surface area contributed by atoms with Crippen LogP contribution in [0.1, 0.15) is 12.0 Å². The van der Waals surface area contributed by atoms with Gasteiger partial charge in [-0.05, 0) is 55.4 Å². The number of carbonyl (C=O) groups excluding carboxylic acids is 2. The van der Waals surface area contributed by atoms with E-state index >= 15 is 0 Å². The lowest BCUT2D eigenvalue weighted by Crippen LogP contribution is -2.40. The molecule has 2 aromatic rings. The molecule has 0 saturated carbocycles. The first-order chi connectivity index (χ1) is 13.4. The molecule has 2 aromatic carbocycles. The normalized spacial score (nSPS) is 16.8. The zero-order valence-electron chi connectivity index (χ0n) is 16.1. The highest BCUT2D eigenvalue weighted by molar-refractivity contribution is 6.22. The van der Waals surface area contributed by atoms with E-state index in [0.29, 0.717) is 30.2 Å². The molecule has 0 aromatic heterocycles. The maximum atomic E-state index is 13.1. The summed E-state index contributed by atoms with van der Waals surface area (Å²) < 4.78 is 23.7. The van der Waals surface area contributed by atoms with Crippen molar-refractivity contribution in [2.45, 2.75) is 18.9 Å². The van der Waals surface area contributed by atoms with Gasteiger partial charge in [-0.1, -0.05) is 6.07 Å². The summed E-state index contributed by atoms with van der Waals surface area (Å²) in [5.74, 6) is 0.334. The van der Waals surface area contributed by atoms with E-state index in [1.54, 1.807) is 14.2 Å². The Kier molecular flexibility index (Phi) is 5.94. The Hall–Kier alpha value is -2.93. The number of imide groups is 1. The second-order valence-electron chi connectivity index (χ2n) is 6.68. The predicted octanol–water partition coefficient (Wildman–Crippen LogP) is 2.65. The van der Waals surface area contributed by atoms with E-state index < -0.39 is 11.9 Å². The molecule has 7 heteroatoms. The van der Waals surface area contributed by atoms with Gasteiger partial charge in [-0.15, -0.1) is 0 Å². The van der Waals surface area contributed by atoms with Gasteiger partial charge in [0.15, 0.2) is 11.5 Å². The largest absolute Gasteiger partial charge is 0.493 e. The lowest BCUT2D eigenvalue weighted by molar-refractivity contribution is -0.122. The van der Waals surface area contributed by atoms with Crippen LogP contribution in [0, 0.1) is 5.82 Å². The molecule has 3 rings (SSSR count). The Bertz CT molecular complexity index is 869. The fourth-order valence-corrected chi connectivity index (χ4v) is 3.32. The van der Waals surface area contributed by atoms with Crippen LogP contribution in [0.3, 0.4) is 0 Å². The summed E-state index contributed by atoms with van der Waals surface area (Å²) in [7, 11) is 4.99. The molecule has 0 radical (unpaired) electrons. The second-order valence-corrected chi connectivity index (χ2v) is 6.68. The zero-order valence-corrected chi connectivity index (χ0v) is 16.1. The topological polar surface area (TPSA) is 59.1 Å². The minimum atomic E-state index is -0.530. The van der Waals surface area contributed by atoms with E-state index in [2.05, 4.69) is 0 Å². The lowest BCUT2D eigenvalue weighted by Gasteiger charge is -2.23. The van der Waals surface area contributed by atoms with Crippen molar-refractivity contribution < 1.29 is 23.5 Å². The summed E-state index contributed by atoms with van der Waals surface area (Å²) in [5.41, 5.74) is 1.43. The smallest absolute Gasteiger partial charge is 0.251 e. The van der Waals surface area contributed by atoms with E-state index in [1.807, 2.05) is 30.1 Å². The van der Waals surface area contributed by atoms with Gasteiger partial charge in [-0.2, -0.15) is 0 Å². The zero-order chi connectivity index (χ0) is 20.3. The Balaban J connectivity index is 1.66. The van der Waals surface area contributed by atoms with Gasteiger partial charge in [-0.3, -0.25) is 14.5 Å². The monoisotopic (exact) mass is 386 g/mol. The standard InChI is InChI=1S/C21H23FN2O4/c1-23(11-10-14-4-9-18(27-2)19(12-14)28-3)17-13-20(25)24(21(17)26)16-7-5-15(22)6-8-16/h4-9,12,17H,10-11,13H2,1-3H3. The number of methoxy groups -OCH3 is 2. The molecule has 1 heterocycles. The molecular formula is C21H23FN2O4. The Morgan fingerprint density at radius 3 is 2.39 bits per heavy atom. The van der Waals surface area contributed by atoms with Gasteiger partial charge in [0.1, 0.15) is 5.82 Å². The highest BCUT2D eigenvalue weighted by atomic mass is 19.1. The molecule has 28 heavy (non-hydrogen) atoms. The fraction of sp³-hybridized carbons (Fsp3) is 0.333. The van der Waals surface area contributed by atoms with Gasteiger partial charge < -0.3 is 9.47 Å². The van der Waals surface area contributed by atoms with Crippen LogP contribution in [0.4, 0.5) is 10.1 Å². The van der Waals surface area contributed by atoms with Crippen LogP contribution in [-0.4, -0.2) is 50.6 Å². The third-order valence-corrected chi connectivity index (χ3v) is 4.94. The third-order valence-electron chi connectivity index (χ3n) is 4.94. The summed E-state index contributed by atoms with van der Waals surface area (Å²) >= 11 is 0. The highest BCUT2D eigenvalue weighted by Gasteiger charge is 2.41. The maximum absolute atomic E-state index is 13.1. The van der Waals surface area contributed by atoms with Crippen molar-refractivity contribution in [1.82, 2.24) is 4.90 Å². The average molecular weight is 386 g/mol. The number of carbonyl (C=O) groups is 2. The van der Waals surface area contributed by atoms with Crippen LogP contribution in [0.2, 0.25) is 0 Å². The molecule has 6 nitrogen and oxygen atoms in total. The average Bonchev–Trinajstić information content (AvgIpc) is 3.00. The number of amides is 2. The number of anilines is 1. The van der Waals surface area contributed by atoms with Crippen LogP contribution in [0.25, 0.3) is 0 Å². The van der Waals surface area contributed by atoms with Crippen LogP contribution < -0.4 is 14.4 Å². The van der Waals surface area contributed by atoms with Crippen LogP contribution >= 0.6 is 0 Å². The van der Waals surface area contributed by atoms with E-state index in [1.165, 1.54) is 24.3 Å². The number of nitrogens with zero attached hydrogens (tertiary/aromatic N) is 2. The minimum Gasteiger partial charge on any atom is -0.493 e. The molecule has 1 fully saturated rings. The first-order valence-electron chi connectivity index (χ1n) is 8.98. The number of rotatable bonds is 7. The Morgan fingerprint density at radius 2 is 1.75 bits per heavy atom. The van der Waals surface area contributed by atoms with Crippen molar-refractivity contribution in [2.24, 2.45) is 0 Å². The van der Waals surface area contributed by atoms with Gasteiger partial charge in [0.25, 0.3) is 5.91 Å². The lowest BCUT2D eigenvalue weighted by atomic mass is 10.1. The summed E-state index contributed by atoms with van der Waals surface area (Å²) in [5, 5.41) is 0. The number of halogens is 1. The molecule has 1 aliphatic heterocycles. The molecule has 1 aliphatic rings. The van der Waals surface area contributed by atoms with Crippen LogP contribution in [0.15, 0.2) is 42.5 Å². The van der Waals surface area contributed by atoms with E-state index in [9.17, 15) is 14.0 Å². The molecule has 2 amide bonds. The highest BCUT2D eigenvalue weighted by Crippen LogP contribution is 2.28. The van der Waals surface area contributed by atoms with E-state index in [-0.39, 0.29) is 18.2 Å². The SMILES string of the molecule is COc1ccc(CCN(C)C2CC(=O)N(c3ccc(F)cc3)C2=O)cc1OC. The van der Waals surface area contributed by atoms with Gasteiger partial charge in [0.2, 0.25) is 5.91 Å². The molecular weight excluding hydrogens is 363 g/mol. The van der Waals surface area contributed by atoms with Crippen molar-refractivity contribution in [3.05, 3.63) is 53.8 Å². The van der Waals surface area contributed by atoms with Crippen molar-refractivity contribution in [1.29, 1.82) is 0 Å². The quantitative estimate of drug-likeness (QED) is 0.685. The molecule has 1 saturated heterocycles. The maximum Gasteiger partial charge on any atom is 0.251 e. The van der Waals surface area contributed by atoms with E-state index in [0.717, 1.165) is 10.5 Å². The molecule has 1 atom stereocenters. The third kappa shape index (κ3) is 3.99. The number of ether oxygens (including phenoxy) is 2. The molecule has 148 valence electrons. The van der Waals surface area contributed by atoms with Crippen LogP contribution in [0.5, 0.6) is 11.5 Å². The Labute approximate surface area is 163 Å². The van der Waals surface area contributed by atoms with Gasteiger partial charge >= 0.3 is 0 Å². The Morgan fingerprint density at radius 1 is 1.07 bits per heavy atom. The second kappa shape index (κ2) is 8.39. The number of hydrogen-bond donors (Lipinski definition) is 0. The first kappa shape index (κ1) is 19.8.